The van der Waals surface area contributed by atoms with E-state index in [9.17, 15) is 4.79 Å². The van der Waals surface area contributed by atoms with Crippen molar-refractivity contribution in [2.24, 2.45) is 0 Å². The van der Waals surface area contributed by atoms with Crippen LogP contribution in [0.25, 0.3) is 11.3 Å². The van der Waals surface area contributed by atoms with Gasteiger partial charge in [-0.05, 0) is 44.4 Å². The van der Waals surface area contributed by atoms with Crippen molar-refractivity contribution in [2.45, 2.75) is 27.7 Å². The zero-order chi connectivity index (χ0) is 22.7. The molecule has 0 radical (unpaired) electrons. The van der Waals surface area contributed by atoms with Gasteiger partial charge in [0, 0.05) is 37.8 Å². The van der Waals surface area contributed by atoms with Crippen LogP contribution in [-0.2, 0) is 4.79 Å². The third-order valence-corrected chi connectivity index (χ3v) is 6.06. The molecule has 1 aliphatic rings. The first-order chi connectivity index (χ1) is 15.4. The van der Waals surface area contributed by atoms with Gasteiger partial charge in [0.2, 0.25) is 0 Å². The average Bonchev–Trinajstić information content (AvgIpc) is 2.81. The molecule has 0 atom stereocenters. The van der Waals surface area contributed by atoms with Gasteiger partial charge in [0.15, 0.2) is 6.61 Å². The van der Waals surface area contributed by atoms with Crippen molar-refractivity contribution >= 4 is 11.7 Å². The second-order valence-corrected chi connectivity index (χ2v) is 8.33. The number of aryl methyl sites for hydroxylation is 3. The minimum atomic E-state index is 0.0220. The van der Waals surface area contributed by atoms with E-state index in [4.69, 9.17) is 4.74 Å². The fraction of sp³-hybridized carbons (Fsp3) is 0.346. The fourth-order valence-corrected chi connectivity index (χ4v) is 4.03. The molecule has 6 nitrogen and oxygen atoms in total. The summed E-state index contributed by atoms with van der Waals surface area (Å²) >= 11 is 0. The second-order valence-electron chi connectivity index (χ2n) is 8.33. The number of benzene rings is 2. The lowest BCUT2D eigenvalue weighted by Gasteiger charge is -2.35. The van der Waals surface area contributed by atoms with Gasteiger partial charge in [-0.1, -0.05) is 42.5 Å². The number of amides is 1. The Kier molecular flexibility index (Phi) is 6.40. The normalized spacial score (nSPS) is 13.9. The number of hydrogen-bond donors (Lipinski definition) is 0. The van der Waals surface area contributed by atoms with E-state index in [0.717, 1.165) is 52.9 Å². The molecular formula is C26H30N4O2. The molecular weight excluding hydrogens is 400 g/mol. The summed E-state index contributed by atoms with van der Waals surface area (Å²) in [6.45, 7) is 10.9. The summed E-state index contributed by atoms with van der Waals surface area (Å²) in [5.74, 6) is 2.50. The standard InChI is InChI=1S/C26H30N4O2/c1-18-10-11-19(2)26(20(18)3)32-17-25(31)30-14-12-29(13-15-30)24-16-23(27-21(4)28-24)22-8-6-5-7-9-22/h5-11,16H,12-15,17H2,1-4H3. The lowest BCUT2D eigenvalue weighted by atomic mass is 10.1. The van der Waals surface area contributed by atoms with Crippen molar-refractivity contribution in [3.05, 3.63) is 71.0 Å². The van der Waals surface area contributed by atoms with E-state index in [2.05, 4.69) is 40.0 Å². The third kappa shape index (κ3) is 4.74. The number of piperazine rings is 1. The Morgan fingerprint density at radius 2 is 1.59 bits per heavy atom. The average molecular weight is 431 g/mol. The summed E-state index contributed by atoms with van der Waals surface area (Å²) in [5, 5.41) is 0. The zero-order valence-corrected chi connectivity index (χ0v) is 19.3. The maximum Gasteiger partial charge on any atom is 0.260 e. The Bertz CT molecular complexity index is 1110. The smallest absolute Gasteiger partial charge is 0.260 e. The van der Waals surface area contributed by atoms with Gasteiger partial charge in [-0.2, -0.15) is 0 Å². The lowest BCUT2D eigenvalue weighted by Crippen LogP contribution is -2.50. The Morgan fingerprint density at radius 3 is 2.31 bits per heavy atom. The highest BCUT2D eigenvalue weighted by Crippen LogP contribution is 2.26. The van der Waals surface area contributed by atoms with Crippen molar-refractivity contribution in [2.75, 3.05) is 37.7 Å². The van der Waals surface area contributed by atoms with Crippen molar-refractivity contribution in [1.82, 2.24) is 14.9 Å². The summed E-state index contributed by atoms with van der Waals surface area (Å²) < 4.78 is 5.93. The van der Waals surface area contributed by atoms with E-state index in [1.54, 1.807) is 0 Å². The topological polar surface area (TPSA) is 58.6 Å². The summed E-state index contributed by atoms with van der Waals surface area (Å²) in [4.78, 5) is 26.1. The van der Waals surface area contributed by atoms with E-state index in [1.807, 2.05) is 56.0 Å². The van der Waals surface area contributed by atoms with Crippen LogP contribution in [0.4, 0.5) is 5.82 Å². The molecule has 0 aliphatic carbocycles. The van der Waals surface area contributed by atoms with Crippen LogP contribution in [0.1, 0.15) is 22.5 Å². The Morgan fingerprint density at radius 1 is 0.906 bits per heavy atom. The first-order valence-electron chi connectivity index (χ1n) is 11.1. The minimum Gasteiger partial charge on any atom is -0.483 e. The number of carbonyl (C=O) groups is 1. The van der Waals surface area contributed by atoms with E-state index >= 15 is 0 Å². The van der Waals surface area contributed by atoms with Gasteiger partial charge in [-0.25, -0.2) is 9.97 Å². The molecule has 1 aliphatic heterocycles. The van der Waals surface area contributed by atoms with E-state index in [-0.39, 0.29) is 12.5 Å². The maximum absolute atomic E-state index is 12.8. The summed E-state index contributed by atoms with van der Waals surface area (Å²) in [6, 6.07) is 16.3. The van der Waals surface area contributed by atoms with Crippen LogP contribution < -0.4 is 9.64 Å². The molecule has 0 N–H and O–H groups in total. The molecule has 1 saturated heterocycles. The van der Waals surface area contributed by atoms with Crippen LogP contribution >= 0.6 is 0 Å². The highest BCUT2D eigenvalue weighted by Gasteiger charge is 2.23. The van der Waals surface area contributed by atoms with Crippen LogP contribution in [0.15, 0.2) is 48.5 Å². The number of carbonyl (C=O) groups excluding carboxylic acids is 1. The Hall–Kier alpha value is -3.41. The highest BCUT2D eigenvalue weighted by atomic mass is 16.5. The first kappa shape index (κ1) is 21.8. The number of nitrogens with zero attached hydrogens (tertiary/aromatic N) is 4. The quantitative estimate of drug-likeness (QED) is 0.610. The summed E-state index contributed by atoms with van der Waals surface area (Å²) in [7, 11) is 0. The predicted molar refractivity (Wildman–Crippen MR) is 127 cm³/mol. The predicted octanol–water partition coefficient (Wildman–Crippen LogP) is 4.10. The maximum atomic E-state index is 12.8. The van der Waals surface area contributed by atoms with Crippen molar-refractivity contribution in [1.29, 1.82) is 0 Å². The molecule has 3 aromatic rings. The Labute approximate surface area is 189 Å². The summed E-state index contributed by atoms with van der Waals surface area (Å²) in [5.41, 5.74) is 5.31. The molecule has 166 valence electrons. The van der Waals surface area contributed by atoms with Gasteiger partial charge in [0.05, 0.1) is 5.69 Å². The van der Waals surface area contributed by atoms with E-state index in [1.165, 1.54) is 5.56 Å². The van der Waals surface area contributed by atoms with Crippen LogP contribution in [0.3, 0.4) is 0 Å². The molecule has 2 aromatic carbocycles. The number of hydrogen-bond acceptors (Lipinski definition) is 5. The fourth-order valence-electron chi connectivity index (χ4n) is 4.03. The van der Waals surface area contributed by atoms with Crippen molar-refractivity contribution in [3.63, 3.8) is 0 Å². The second kappa shape index (κ2) is 9.39. The van der Waals surface area contributed by atoms with Gasteiger partial charge < -0.3 is 14.5 Å². The van der Waals surface area contributed by atoms with Gasteiger partial charge in [-0.3, -0.25) is 4.79 Å². The number of aromatic nitrogens is 2. The van der Waals surface area contributed by atoms with Crippen molar-refractivity contribution < 1.29 is 9.53 Å². The lowest BCUT2D eigenvalue weighted by molar-refractivity contribution is -0.133. The van der Waals surface area contributed by atoms with Crippen LogP contribution in [0.5, 0.6) is 5.75 Å². The largest absolute Gasteiger partial charge is 0.483 e. The van der Waals surface area contributed by atoms with Gasteiger partial charge in [0.25, 0.3) is 5.91 Å². The summed E-state index contributed by atoms with van der Waals surface area (Å²) in [6.07, 6.45) is 0. The minimum absolute atomic E-state index is 0.0220. The molecule has 0 saturated carbocycles. The molecule has 1 fully saturated rings. The third-order valence-electron chi connectivity index (χ3n) is 6.06. The molecule has 0 bridgehead atoms. The number of anilines is 1. The van der Waals surface area contributed by atoms with Gasteiger partial charge in [-0.15, -0.1) is 0 Å². The van der Waals surface area contributed by atoms with E-state index < -0.39 is 0 Å². The molecule has 0 spiro atoms. The van der Waals surface area contributed by atoms with Crippen molar-refractivity contribution in [3.8, 4) is 17.0 Å². The molecule has 1 amide bonds. The highest BCUT2D eigenvalue weighted by molar-refractivity contribution is 5.78. The zero-order valence-electron chi connectivity index (χ0n) is 19.3. The number of ether oxygens (including phenoxy) is 1. The first-order valence-corrected chi connectivity index (χ1v) is 11.1. The van der Waals surface area contributed by atoms with Gasteiger partial charge in [0.1, 0.15) is 17.4 Å². The molecule has 0 unspecified atom stereocenters. The molecule has 1 aromatic heterocycles. The van der Waals surface area contributed by atoms with Gasteiger partial charge >= 0.3 is 0 Å². The Balaban J connectivity index is 1.38. The van der Waals surface area contributed by atoms with Crippen LogP contribution in [-0.4, -0.2) is 53.6 Å². The number of rotatable bonds is 5. The SMILES string of the molecule is Cc1nc(-c2ccccc2)cc(N2CCN(C(=O)COc3c(C)ccc(C)c3C)CC2)n1. The van der Waals surface area contributed by atoms with Crippen LogP contribution in [0.2, 0.25) is 0 Å². The molecule has 4 rings (SSSR count). The van der Waals surface area contributed by atoms with E-state index in [0.29, 0.717) is 13.1 Å². The monoisotopic (exact) mass is 430 g/mol. The molecule has 2 heterocycles. The molecule has 32 heavy (non-hydrogen) atoms. The molecule has 6 heteroatoms. The van der Waals surface area contributed by atoms with Crippen LogP contribution in [0, 0.1) is 27.7 Å².